The maximum absolute atomic E-state index is 4.66. The number of aryl methyl sites for hydroxylation is 2. The van der Waals surface area contributed by atoms with E-state index in [1.807, 2.05) is 18.2 Å². The zero-order valence-corrected chi connectivity index (χ0v) is 13.6. The molecule has 4 nitrogen and oxygen atoms in total. The molecule has 2 aromatic heterocycles. The third-order valence-corrected chi connectivity index (χ3v) is 4.91. The summed E-state index contributed by atoms with van der Waals surface area (Å²) in [6.45, 7) is 8.44. The standard InChI is InChI=1S/C16H20N4S/c1-9(15-10(2)18-12(4)21-15)17-11(3)16-19-13-7-5-6-8-14(13)20-16/h5-9,11,17H,1-4H3,(H,19,20). The van der Waals surface area contributed by atoms with Crippen LogP contribution in [0.3, 0.4) is 0 Å². The highest BCUT2D eigenvalue weighted by Crippen LogP contribution is 2.26. The number of nitrogens with one attached hydrogen (secondary N) is 2. The molecule has 21 heavy (non-hydrogen) atoms. The minimum atomic E-state index is 0.161. The van der Waals surface area contributed by atoms with E-state index in [0.29, 0.717) is 0 Å². The molecule has 0 aliphatic carbocycles. The Morgan fingerprint density at radius 1 is 1.10 bits per heavy atom. The summed E-state index contributed by atoms with van der Waals surface area (Å²) in [5.74, 6) is 0.974. The second-order valence-electron chi connectivity index (χ2n) is 5.43. The SMILES string of the molecule is Cc1nc(C)c(C(C)NC(C)c2nc3ccccc3[nH]2)s1. The first-order chi connectivity index (χ1) is 10.0. The molecular formula is C16H20N4S. The molecule has 2 heterocycles. The number of hydrogen-bond donors (Lipinski definition) is 2. The maximum atomic E-state index is 4.66. The molecular weight excluding hydrogens is 280 g/mol. The fourth-order valence-corrected chi connectivity index (χ4v) is 3.60. The molecule has 2 atom stereocenters. The summed E-state index contributed by atoms with van der Waals surface area (Å²) in [7, 11) is 0. The number of H-pyrrole nitrogens is 1. The second kappa shape index (κ2) is 5.58. The molecule has 1 aromatic carbocycles. The predicted octanol–water partition coefficient (Wildman–Crippen LogP) is 4.05. The molecule has 0 fully saturated rings. The van der Waals surface area contributed by atoms with Crippen LogP contribution in [-0.4, -0.2) is 15.0 Å². The lowest BCUT2D eigenvalue weighted by atomic mass is 10.2. The van der Waals surface area contributed by atoms with Crippen LogP contribution in [0.5, 0.6) is 0 Å². The van der Waals surface area contributed by atoms with Crippen LogP contribution in [0.2, 0.25) is 0 Å². The van der Waals surface area contributed by atoms with E-state index in [2.05, 4.69) is 54.0 Å². The second-order valence-corrected chi connectivity index (χ2v) is 6.67. The lowest BCUT2D eigenvalue weighted by molar-refractivity contribution is 0.483. The highest BCUT2D eigenvalue weighted by atomic mass is 32.1. The lowest BCUT2D eigenvalue weighted by Crippen LogP contribution is -2.23. The van der Waals surface area contributed by atoms with E-state index in [0.717, 1.165) is 27.6 Å². The zero-order valence-electron chi connectivity index (χ0n) is 12.8. The number of imidazole rings is 1. The van der Waals surface area contributed by atoms with Gasteiger partial charge in [-0.25, -0.2) is 9.97 Å². The quantitative estimate of drug-likeness (QED) is 0.764. The van der Waals surface area contributed by atoms with Crippen molar-refractivity contribution in [3.63, 3.8) is 0 Å². The van der Waals surface area contributed by atoms with Gasteiger partial charge in [-0.3, -0.25) is 0 Å². The average Bonchev–Trinajstić information content (AvgIpc) is 3.01. The van der Waals surface area contributed by atoms with E-state index in [9.17, 15) is 0 Å². The molecule has 0 bridgehead atoms. The fraction of sp³-hybridized carbons (Fsp3) is 0.375. The monoisotopic (exact) mass is 300 g/mol. The number of aromatic amines is 1. The number of fused-ring (bicyclic) bond motifs is 1. The van der Waals surface area contributed by atoms with Crippen LogP contribution in [0.4, 0.5) is 0 Å². The molecule has 110 valence electrons. The summed E-state index contributed by atoms with van der Waals surface area (Å²) >= 11 is 1.76. The number of para-hydroxylation sites is 2. The van der Waals surface area contributed by atoms with Crippen LogP contribution >= 0.6 is 11.3 Å². The summed E-state index contributed by atoms with van der Waals surface area (Å²) in [6.07, 6.45) is 0. The number of aromatic nitrogens is 3. The summed E-state index contributed by atoms with van der Waals surface area (Å²) in [6, 6.07) is 8.54. The van der Waals surface area contributed by atoms with Crippen molar-refractivity contribution in [2.24, 2.45) is 0 Å². The van der Waals surface area contributed by atoms with Crippen molar-refractivity contribution in [2.45, 2.75) is 39.8 Å². The molecule has 0 radical (unpaired) electrons. The summed E-state index contributed by atoms with van der Waals surface area (Å²) < 4.78 is 0. The van der Waals surface area contributed by atoms with Gasteiger partial charge in [0.1, 0.15) is 5.82 Å². The molecule has 0 saturated heterocycles. The summed E-state index contributed by atoms with van der Waals surface area (Å²) in [4.78, 5) is 13.8. The first-order valence-corrected chi connectivity index (χ1v) is 8.01. The Bertz CT molecular complexity index is 726. The van der Waals surface area contributed by atoms with E-state index in [-0.39, 0.29) is 12.1 Å². The fourth-order valence-electron chi connectivity index (χ4n) is 2.66. The van der Waals surface area contributed by atoms with Crippen LogP contribution in [0.15, 0.2) is 24.3 Å². The van der Waals surface area contributed by atoms with Crippen LogP contribution < -0.4 is 5.32 Å². The van der Waals surface area contributed by atoms with Gasteiger partial charge in [-0.2, -0.15) is 0 Å². The number of rotatable bonds is 4. The Kier molecular flexibility index (Phi) is 3.78. The smallest absolute Gasteiger partial charge is 0.124 e. The van der Waals surface area contributed by atoms with Crippen molar-refractivity contribution in [3.05, 3.63) is 45.7 Å². The first kappa shape index (κ1) is 14.2. The van der Waals surface area contributed by atoms with E-state index in [1.165, 1.54) is 4.88 Å². The van der Waals surface area contributed by atoms with Gasteiger partial charge in [0.05, 0.1) is 27.8 Å². The van der Waals surface area contributed by atoms with E-state index in [1.54, 1.807) is 11.3 Å². The number of hydrogen-bond acceptors (Lipinski definition) is 4. The van der Waals surface area contributed by atoms with E-state index < -0.39 is 0 Å². The lowest BCUT2D eigenvalue weighted by Gasteiger charge is -2.17. The third-order valence-electron chi connectivity index (χ3n) is 3.65. The van der Waals surface area contributed by atoms with Crippen LogP contribution in [-0.2, 0) is 0 Å². The Labute approximate surface area is 128 Å². The summed E-state index contributed by atoms with van der Waals surface area (Å²) in [5, 5.41) is 4.72. The van der Waals surface area contributed by atoms with Crippen LogP contribution in [0, 0.1) is 13.8 Å². The van der Waals surface area contributed by atoms with Gasteiger partial charge in [-0.1, -0.05) is 12.1 Å². The zero-order chi connectivity index (χ0) is 15.0. The van der Waals surface area contributed by atoms with Gasteiger partial charge >= 0.3 is 0 Å². The molecule has 2 N–H and O–H groups in total. The highest BCUT2D eigenvalue weighted by molar-refractivity contribution is 7.11. The van der Waals surface area contributed by atoms with Crippen molar-refractivity contribution in [3.8, 4) is 0 Å². The Hall–Kier alpha value is -1.72. The molecule has 5 heteroatoms. The van der Waals surface area contributed by atoms with Crippen LogP contribution in [0.1, 0.15) is 47.3 Å². The van der Waals surface area contributed by atoms with Gasteiger partial charge in [0, 0.05) is 10.9 Å². The van der Waals surface area contributed by atoms with Crippen molar-refractivity contribution >= 4 is 22.4 Å². The highest BCUT2D eigenvalue weighted by Gasteiger charge is 2.17. The molecule has 0 aliphatic heterocycles. The molecule has 0 spiro atoms. The molecule has 0 aliphatic rings. The number of nitrogens with zero attached hydrogens (tertiary/aromatic N) is 2. The van der Waals surface area contributed by atoms with Gasteiger partial charge in [0.25, 0.3) is 0 Å². The van der Waals surface area contributed by atoms with Crippen molar-refractivity contribution < 1.29 is 0 Å². The van der Waals surface area contributed by atoms with E-state index in [4.69, 9.17) is 0 Å². The molecule has 0 amide bonds. The predicted molar refractivity (Wildman–Crippen MR) is 87.6 cm³/mol. The van der Waals surface area contributed by atoms with Gasteiger partial charge in [-0.15, -0.1) is 11.3 Å². The van der Waals surface area contributed by atoms with Gasteiger partial charge in [-0.05, 0) is 39.8 Å². The minimum Gasteiger partial charge on any atom is -0.341 e. The van der Waals surface area contributed by atoms with Gasteiger partial charge in [0.15, 0.2) is 0 Å². The van der Waals surface area contributed by atoms with Crippen molar-refractivity contribution in [1.82, 2.24) is 20.3 Å². The van der Waals surface area contributed by atoms with Crippen molar-refractivity contribution in [2.75, 3.05) is 0 Å². The van der Waals surface area contributed by atoms with Crippen molar-refractivity contribution in [1.29, 1.82) is 0 Å². The van der Waals surface area contributed by atoms with Gasteiger partial charge < -0.3 is 10.3 Å². The van der Waals surface area contributed by atoms with E-state index >= 15 is 0 Å². The third kappa shape index (κ3) is 2.84. The van der Waals surface area contributed by atoms with Gasteiger partial charge in [0.2, 0.25) is 0 Å². The normalized spacial score (nSPS) is 14.5. The maximum Gasteiger partial charge on any atom is 0.124 e. The molecule has 2 unspecified atom stereocenters. The minimum absolute atomic E-state index is 0.161. The number of benzene rings is 1. The Balaban J connectivity index is 1.79. The Morgan fingerprint density at radius 2 is 1.86 bits per heavy atom. The number of thiazole rings is 1. The first-order valence-electron chi connectivity index (χ1n) is 7.19. The molecule has 3 rings (SSSR count). The summed E-state index contributed by atoms with van der Waals surface area (Å²) in [5.41, 5.74) is 3.21. The molecule has 0 saturated carbocycles. The topological polar surface area (TPSA) is 53.6 Å². The average molecular weight is 300 g/mol. The van der Waals surface area contributed by atoms with Crippen LogP contribution in [0.25, 0.3) is 11.0 Å². The molecule has 3 aromatic rings. The largest absolute Gasteiger partial charge is 0.341 e. The Morgan fingerprint density at radius 3 is 2.52 bits per heavy atom.